The van der Waals surface area contributed by atoms with Crippen LogP contribution in [0.15, 0.2) is 24.7 Å². The van der Waals surface area contributed by atoms with E-state index >= 15 is 0 Å². The maximum absolute atomic E-state index is 4.59. The van der Waals surface area contributed by atoms with E-state index in [-0.39, 0.29) is 6.04 Å². The first-order valence-electron chi connectivity index (χ1n) is 6.93. The zero-order chi connectivity index (χ0) is 15.0. The van der Waals surface area contributed by atoms with Crippen molar-refractivity contribution in [2.24, 2.45) is 0 Å². The van der Waals surface area contributed by atoms with E-state index in [9.17, 15) is 0 Å². The van der Waals surface area contributed by atoms with E-state index in [4.69, 9.17) is 0 Å². The maximum atomic E-state index is 4.59. The standard InChI is InChI=1S/C15H19N5S/c1-9-7-12(11(3)21-9)10(2)18-14-15-17-5-6-20(15)8-13(16-4)19-14/h5-8,10,16H,1-4H3,(H,18,19). The molecule has 0 aliphatic carbocycles. The number of aryl methyl sites for hydroxylation is 2. The van der Waals surface area contributed by atoms with Gasteiger partial charge >= 0.3 is 0 Å². The zero-order valence-electron chi connectivity index (χ0n) is 12.6. The predicted octanol–water partition coefficient (Wildman–Crippen LogP) is 3.62. The van der Waals surface area contributed by atoms with Crippen LogP contribution in [0.3, 0.4) is 0 Å². The van der Waals surface area contributed by atoms with Crippen LogP contribution in [0.25, 0.3) is 5.65 Å². The highest BCUT2D eigenvalue weighted by Gasteiger charge is 2.14. The molecule has 0 saturated heterocycles. The van der Waals surface area contributed by atoms with E-state index in [2.05, 4.69) is 47.4 Å². The van der Waals surface area contributed by atoms with E-state index in [1.165, 1.54) is 15.3 Å². The Morgan fingerprint density at radius 1 is 1.33 bits per heavy atom. The fourth-order valence-corrected chi connectivity index (χ4v) is 3.53. The van der Waals surface area contributed by atoms with Crippen LogP contribution < -0.4 is 10.6 Å². The van der Waals surface area contributed by atoms with Crippen molar-refractivity contribution in [3.8, 4) is 0 Å². The fourth-order valence-electron chi connectivity index (χ4n) is 2.51. The van der Waals surface area contributed by atoms with Crippen molar-refractivity contribution in [2.75, 3.05) is 17.7 Å². The topological polar surface area (TPSA) is 54.2 Å². The van der Waals surface area contributed by atoms with Crippen molar-refractivity contribution >= 4 is 28.6 Å². The Labute approximate surface area is 128 Å². The molecule has 1 atom stereocenters. The van der Waals surface area contributed by atoms with Gasteiger partial charge in [0.05, 0.1) is 12.2 Å². The summed E-state index contributed by atoms with van der Waals surface area (Å²) in [6, 6.07) is 2.43. The molecule has 110 valence electrons. The lowest BCUT2D eigenvalue weighted by Crippen LogP contribution is -2.10. The Kier molecular flexibility index (Phi) is 3.55. The van der Waals surface area contributed by atoms with Gasteiger partial charge in [-0.2, -0.15) is 0 Å². The third-order valence-electron chi connectivity index (χ3n) is 3.53. The van der Waals surface area contributed by atoms with Crippen molar-refractivity contribution in [2.45, 2.75) is 26.8 Å². The molecule has 21 heavy (non-hydrogen) atoms. The number of nitrogens with one attached hydrogen (secondary N) is 2. The first-order chi connectivity index (χ1) is 10.1. The highest BCUT2D eigenvalue weighted by Crippen LogP contribution is 2.29. The Balaban J connectivity index is 1.97. The van der Waals surface area contributed by atoms with Crippen LogP contribution in [0.5, 0.6) is 0 Å². The third kappa shape index (κ3) is 2.58. The van der Waals surface area contributed by atoms with E-state index < -0.39 is 0 Å². The molecule has 1 unspecified atom stereocenters. The summed E-state index contributed by atoms with van der Waals surface area (Å²) in [4.78, 5) is 11.6. The minimum atomic E-state index is 0.190. The number of aromatic nitrogens is 3. The van der Waals surface area contributed by atoms with Gasteiger partial charge in [0.2, 0.25) is 0 Å². The van der Waals surface area contributed by atoms with Gasteiger partial charge in [-0.3, -0.25) is 0 Å². The SMILES string of the molecule is CNc1cn2ccnc2c(NC(C)c2cc(C)sc2C)n1. The highest BCUT2D eigenvalue weighted by atomic mass is 32.1. The Hall–Kier alpha value is -2.08. The minimum absolute atomic E-state index is 0.190. The van der Waals surface area contributed by atoms with Gasteiger partial charge in [0.25, 0.3) is 0 Å². The summed E-state index contributed by atoms with van der Waals surface area (Å²) in [6.45, 7) is 6.45. The lowest BCUT2D eigenvalue weighted by Gasteiger charge is -2.16. The number of thiophene rings is 1. The third-order valence-corrected chi connectivity index (χ3v) is 4.51. The van der Waals surface area contributed by atoms with Gasteiger partial charge in [-0.25, -0.2) is 9.97 Å². The van der Waals surface area contributed by atoms with E-state index in [0.717, 1.165) is 17.3 Å². The second-order valence-corrected chi connectivity index (χ2v) is 6.58. The summed E-state index contributed by atoms with van der Waals surface area (Å²) < 4.78 is 1.97. The maximum Gasteiger partial charge on any atom is 0.180 e. The van der Waals surface area contributed by atoms with E-state index in [1.807, 2.05) is 35.2 Å². The Bertz CT molecular complexity index is 774. The Morgan fingerprint density at radius 3 is 2.81 bits per heavy atom. The number of hydrogen-bond donors (Lipinski definition) is 2. The summed E-state index contributed by atoms with van der Waals surface area (Å²) in [5, 5.41) is 6.57. The number of fused-ring (bicyclic) bond motifs is 1. The van der Waals surface area contributed by atoms with E-state index in [1.54, 1.807) is 6.20 Å². The monoisotopic (exact) mass is 301 g/mol. The van der Waals surface area contributed by atoms with E-state index in [0.29, 0.717) is 0 Å². The van der Waals surface area contributed by atoms with Gasteiger partial charge in [0.15, 0.2) is 11.5 Å². The lowest BCUT2D eigenvalue weighted by molar-refractivity contribution is 0.870. The van der Waals surface area contributed by atoms with Crippen LogP contribution in [0.4, 0.5) is 11.6 Å². The number of nitrogens with zero attached hydrogens (tertiary/aromatic N) is 3. The molecule has 0 aromatic carbocycles. The lowest BCUT2D eigenvalue weighted by atomic mass is 10.1. The molecule has 0 saturated carbocycles. The highest BCUT2D eigenvalue weighted by molar-refractivity contribution is 7.12. The average Bonchev–Trinajstić information content (AvgIpc) is 3.04. The zero-order valence-corrected chi connectivity index (χ0v) is 13.5. The fraction of sp³-hybridized carbons (Fsp3) is 0.333. The van der Waals surface area contributed by atoms with Gasteiger partial charge in [-0.1, -0.05) is 0 Å². The molecule has 3 heterocycles. The van der Waals surface area contributed by atoms with Crippen LogP contribution in [0.1, 0.15) is 28.3 Å². The summed E-state index contributed by atoms with van der Waals surface area (Å²) in [7, 11) is 1.87. The Morgan fingerprint density at radius 2 is 2.14 bits per heavy atom. The summed E-state index contributed by atoms with van der Waals surface area (Å²) >= 11 is 1.83. The quantitative estimate of drug-likeness (QED) is 0.773. The van der Waals surface area contributed by atoms with Gasteiger partial charge in [-0.05, 0) is 32.4 Å². The molecule has 3 rings (SSSR count). The van der Waals surface area contributed by atoms with Crippen LogP contribution >= 0.6 is 11.3 Å². The predicted molar refractivity (Wildman–Crippen MR) is 88.4 cm³/mol. The molecular weight excluding hydrogens is 282 g/mol. The van der Waals surface area contributed by atoms with Crippen molar-refractivity contribution in [3.63, 3.8) is 0 Å². The molecule has 0 fully saturated rings. The molecule has 3 aromatic heterocycles. The molecule has 0 radical (unpaired) electrons. The first kappa shape index (κ1) is 13.9. The second-order valence-electron chi connectivity index (χ2n) is 5.12. The second kappa shape index (κ2) is 5.37. The molecule has 2 N–H and O–H groups in total. The number of anilines is 2. The normalized spacial score (nSPS) is 12.6. The van der Waals surface area contributed by atoms with Crippen molar-refractivity contribution in [1.29, 1.82) is 0 Å². The average molecular weight is 301 g/mol. The molecule has 0 aliphatic rings. The molecule has 0 bridgehead atoms. The van der Waals surface area contributed by atoms with Gasteiger partial charge in [-0.15, -0.1) is 11.3 Å². The summed E-state index contributed by atoms with van der Waals surface area (Å²) in [5.74, 6) is 1.61. The largest absolute Gasteiger partial charge is 0.372 e. The van der Waals surface area contributed by atoms with Crippen molar-refractivity contribution in [1.82, 2.24) is 14.4 Å². The van der Waals surface area contributed by atoms with Crippen LogP contribution in [-0.4, -0.2) is 21.4 Å². The first-order valence-corrected chi connectivity index (χ1v) is 7.75. The number of rotatable bonds is 4. The molecule has 6 heteroatoms. The molecule has 0 amide bonds. The molecular formula is C15H19N5S. The molecule has 0 aliphatic heterocycles. The molecule has 3 aromatic rings. The smallest absolute Gasteiger partial charge is 0.180 e. The van der Waals surface area contributed by atoms with Gasteiger partial charge in [0.1, 0.15) is 5.82 Å². The van der Waals surface area contributed by atoms with Crippen LogP contribution in [0, 0.1) is 13.8 Å². The van der Waals surface area contributed by atoms with Gasteiger partial charge < -0.3 is 15.0 Å². The number of hydrogen-bond acceptors (Lipinski definition) is 5. The van der Waals surface area contributed by atoms with Crippen molar-refractivity contribution < 1.29 is 0 Å². The summed E-state index contributed by atoms with van der Waals surface area (Å²) in [5.41, 5.74) is 2.16. The molecule has 0 spiro atoms. The minimum Gasteiger partial charge on any atom is -0.372 e. The summed E-state index contributed by atoms with van der Waals surface area (Å²) in [6.07, 6.45) is 5.64. The number of imidazole rings is 1. The van der Waals surface area contributed by atoms with Crippen LogP contribution in [-0.2, 0) is 0 Å². The van der Waals surface area contributed by atoms with Gasteiger partial charge in [0, 0.05) is 29.2 Å². The van der Waals surface area contributed by atoms with Crippen LogP contribution in [0.2, 0.25) is 0 Å². The molecule has 5 nitrogen and oxygen atoms in total. The van der Waals surface area contributed by atoms with Crippen molar-refractivity contribution in [3.05, 3.63) is 40.0 Å².